The Morgan fingerprint density at radius 3 is 2.48 bits per heavy atom. The molecule has 158 valence electrons. The summed E-state index contributed by atoms with van der Waals surface area (Å²) in [6.45, 7) is -0.199. The molecule has 0 aliphatic carbocycles. The number of anilines is 1. The third-order valence-electron chi connectivity index (χ3n) is 4.23. The maximum atomic E-state index is 12.3. The van der Waals surface area contributed by atoms with Crippen molar-refractivity contribution < 1.29 is 27.4 Å². The fourth-order valence-electron chi connectivity index (χ4n) is 2.67. The number of halogens is 3. The van der Waals surface area contributed by atoms with Crippen LogP contribution in [0.15, 0.2) is 48.5 Å². The first-order valence-electron chi connectivity index (χ1n) is 9.18. The van der Waals surface area contributed by atoms with Gasteiger partial charge in [-0.25, -0.2) is 0 Å². The quantitative estimate of drug-likeness (QED) is 0.647. The van der Waals surface area contributed by atoms with E-state index in [0.717, 1.165) is 11.3 Å². The predicted molar refractivity (Wildman–Crippen MR) is 106 cm³/mol. The summed E-state index contributed by atoms with van der Waals surface area (Å²) in [7, 11) is 3.31. The highest BCUT2D eigenvalue weighted by Crippen LogP contribution is 2.30. The number of nitrogens with one attached hydrogen (secondary N) is 1. The highest BCUT2D eigenvalue weighted by molar-refractivity contribution is 5.76. The van der Waals surface area contributed by atoms with Gasteiger partial charge in [-0.2, -0.15) is 13.2 Å². The molecule has 2 rings (SSSR count). The van der Waals surface area contributed by atoms with Crippen LogP contribution in [0.1, 0.15) is 12.0 Å². The molecule has 0 aromatic heterocycles. The van der Waals surface area contributed by atoms with E-state index >= 15 is 0 Å². The minimum atomic E-state index is -4.42. The summed E-state index contributed by atoms with van der Waals surface area (Å²) in [5, 5.41) is 2.87. The van der Waals surface area contributed by atoms with Crippen molar-refractivity contribution in [2.24, 2.45) is 0 Å². The van der Waals surface area contributed by atoms with Gasteiger partial charge in [-0.3, -0.25) is 4.79 Å². The summed E-state index contributed by atoms with van der Waals surface area (Å²) in [5.41, 5.74) is 1.85. The molecule has 1 N–H and O–H groups in total. The Morgan fingerprint density at radius 1 is 1.10 bits per heavy atom. The van der Waals surface area contributed by atoms with Crippen LogP contribution in [-0.2, 0) is 11.2 Å². The van der Waals surface area contributed by atoms with Crippen LogP contribution in [0.3, 0.4) is 0 Å². The smallest absolute Gasteiger partial charge is 0.422 e. The summed E-state index contributed by atoms with van der Waals surface area (Å²) >= 11 is 0. The van der Waals surface area contributed by atoms with Gasteiger partial charge in [0.25, 0.3) is 0 Å². The largest absolute Gasteiger partial charge is 0.493 e. The van der Waals surface area contributed by atoms with Crippen molar-refractivity contribution in [3.63, 3.8) is 0 Å². The Hall–Kier alpha value is -2.90. The number of hydrogen-bond acceptors (Lipinski definition) is 4. The minimum Gasteiger partial charge on any atom is -0.493 e. The molecule has 0 saturated heterocycles. The van der Waals surface area contributed by atoms with E-state index in [-0.39, 0.29) is 23.8 Å². The molecule has 0 heterocycles. The third kappa shape index (κ3) is 7.93. The number of carbonyl (C=O) groups is 1. The Labute approximate surface area is 168 Å². The average molecular weight is 410 g/mol. The number of hydrogen-bond donors (Lipinski definition) is 1. The number of ether oxygens (including phenoxy) is 2. The summed E-state index contributed by atoms with van der Waals surface area (Å²) in [5.74, 6) is 0.126. The minimum absolute atomic E-state index is 0.0157. The van der Waals surface area contributed by atoms with E-state index < -0.39 is 12.8 Å². The van der Waals surface area contributed by atoms with Crippen LogP contribution < -0.4 is 19.7 Å². The lowest BCUT2D eigenvalue weighted by atomic mass is 10.1. The maximum absolute atomic E-state index is 12.3. The lowest BCUT2D eigenvalue weighted by Gasteiger charge is -2.19. The zero-order valence-corrected chi connectivity index (χ0v) is 16.5. The average Bonchev–Trinajstić information content (AvgIpc) is 2.70. The molecular weight excluding hydrogens is 385 g/mol. The van der Waals surface area contributed by atoms with Crippen molar-refractivity contribution in [2.45, 2.75) is 19.0 Å². The molecule has 1 amide bonds. The normalized spacial score (nSPS) is 11.1. The highest BCUT2D eigenvalue weighted by Gasteiger charge is 2.29. The van der Waals surface area contributed by atoms with E-state index in [4.69, 9.17) is 9.47 Å². The molecule has 0 fully saturated rings. The Bertz CT molecular complexity index is 782. The molecule has 0 radical (unpaired) electrons. The zero-order chi connectivity index (χ0) is 21.3. The summed E-state index contributed by atoms with van der Waals surface area (Å²) in [6, 6.07) is 14.5. The third-order valence-corrected chi connectivity index (χ3v) is 4.23. The summed E-state index contributed by atoms with van der Waals surface area (Å²) in [6.07, 6.45) is -3.71. The fourth-order valence-corrected chi connectivity index (χ4v) is 2.67. The number of aryl methyl sites for hydroxylation is 1. The van der Waals surface area contributed by atoms with Crippen LogP contribution in [-0.4, -0.2) is 45.9 Å². The number of para-hydroxylation sites is 1. The molecule has 0 aliphatic rings. The number of nitrogens with zero attached hydrogens (tertiary/aromatic N) is 1. The number of rotatable bonds is 10. The maximum Gasteiger partial charge on any atom is 0.422 e. The SMILES string of the molecule is COc1cc(CCC(=O)NCCN(C)c2ccccc2)ccc1OCC(F)(F)F. The molecule has 0 aliphatic heterocycles. The second-order valence-corrected chi connectivity index (χ2v) is 6.50. The standard InChI is InChI=1S/C21H25F3N2O3/c1-26(17-6-4-3-5-7-17)13-12-25-20(27)11-9-16-8-10-18(19(14-16)28-2)29-15-21(22,23)24/h3-8,10,14H,9,11-13,15H2,1-2H3,(H,25,27). The number of carbonyl (C=O) groups excluding carboxylic acids is 1. The lowest BCUT2D eigenvalue weighted by molar-refractivity contribution is -0.153. The van der Waals surface area contributed by atoms with E-state index in [1.807, 2.05) is 42.3 Å². The van der Waals surface area contributed by atoms with E-state index in [9.17, 15) is 18.0 Å². The second-order valence-electron chi connectivity index (χ2n) is 6.50. The van der Waals surface area contributed by atoms with Gasteiger partial charge >= 0.3 is 6.18 Å². The van der Waals surface area contributed by atoms with Crippen LogP contribution in [0.5, 0.6) is 11.5 Å². The second kappa shape index (κ2) is 10.6. The van der Waals surface area contributed by atoms with Gasteiger partial charge in [-0.05, 0) is 36.2 Å². The molecule has 2 aromatic carbocycles. The monoisotopic (exact) mass is 410 g/mol. The van der Waals surface area contributed by atoms with Crippen LogP contribution in [0.2, 0.25) is 0 Å². The van der Waals surface area contributed by atoms with Gasteiger partial charge in [-0.1, -0.05) is 24.3 Å². The van der Waals surface area contributed by atoms with Crippen LogP contribution in [0, 0.1) is 0 Å². The van der Waals surface area contributed by atoms with E-state index in [1.165, 1.54) is 13.2 Å². The molecule has 0 atom stereocenters. The molecule has 2 aromatic rings. The lowest BCUT2D eigenvalue weighted by Crippen LogP contribution is -2.33. The molecule has 0 spiro atoms. The van der Waals surface area contributed by atoms with E-state index in [0.29, 0.717) is 19.5 Å². The fraction of sp³-hybridized carbons (Fsp3) is 0.381. The van der Waals surface area contributed by atoms with Crippen molar-refractivity contribution in [1.82, 2.24) is 5.32 Å². The summed E-state index contributed by atoms with van der Waals surface area (Å²) in [4.78, 5) is 14.1. The first kappa shape index (κ1) is 22.4. The van der Waals surface area contributed by atoms with Gasteiger partial charge in [0.1, 0.15) is 0 Å². The summed E-state index contributed by atoms with van der Waals surface area (Å²) < 4.78 is 46.7. The van der Waals surface area contributed by atoms with Gasteiger partial charge in [0.05, 0.1) is 7.11 Å². The van der Waals surface area contributed by atoms with E-state index in [1.54, 1.807) is 12.1 Å². The van der Waals surface area contributed by atoms with Gasteiger partial charge in [0, 0.05) is 32.2 Å². The van der Waals surface area contributed by atoms with E-state index in [2.05, 4.69) is 5.32 Å². The zero-order valence-electron chi connectivity index (χ0n) is 16.5. The van der Waals surface area contributed by atoms with Crippen molar-refractivity contribution in [2.75, 3.05) is 38.8 Å². The molecule has 29 heavy (non-hydrogen) atoms. The van der Waals surface area contributed by atoms with Crippen molar-refractivity contribution in [3.05, 3.63) is 54.1 Å². The van der Waals surface area contributed by atoms with Crippen LogP contribution >= 0.6 is 0 Å². The van der Waals surface area contributed by atoms with Crippen LogP contribution in [0.4, 0.5) is 18.9 Å². The molecule has 0 unspecified atom stereocenters. The van der Waals surface area contributed by atoms with Crippen molar-refractivity contribution in [3.8, 4) is 11.5 Å². The van der Waals surface area contributed by atoms with Gasteiger partial charge in [-0.15, -0.1) is 0 Å². The first-order chi connectivity index (χ1) is 13.8. The van der Waals surface area contributed by atoms with Crippen LogP contribution in [0.25, 0.3) is 0 Å². The Balaban J connectivity index is 1.77. The van der Waals surface area contributed by atoms with Gasteiger partial charge in [0.2, 0.25) is 5.91 Å². The molecule has 0 bridgehead atoms. The Morgan fingerprint density at radius 2 is 1.83 bits per heavy atom. The number of methoxy groups -OCH3 is 1. The molecule has 0 saturated carbocycles. The number of likely N-dealkylation sites (N-methyl/N-ethyl adjacent to an activating group) is 1. The molecular formula is C21H25F3N2O3. The van der Waals surface area contributed by atoms with Crippen molar-refractivity contribution >= 4 is 11.6 Å². The molecule has 8 heteroatoms. The van der Waals surface area contributed by atoms with Gasteiger partial charge < -0.3 is 19.7 Å². The Kier molecular flexibility index (Phi) is 8.18. The highest BCUT2D eigenvalue weighted by atomic mass is 19.4. The topological polar surface area (TPSA) is 50.8 Å². The number of benzene rings is 2. The number of alkyl halides is 3. The predicted octanol–water partition coefficient (Wildman–Crippen LogP) is 3.82. The molecule has 5 nitrogen and oxygen atoms in total. The first-order valence-corrected chi connectivity index (χ1v) is 9.18. The van der Waals surface area contributed by atoms with Gasteiger partial charge in [0.15, 0.2) is 18.1 Å². The number of amides is 1. The van der Waals surface area contributed by atoms with Crippen molar-refractivity contribution in [1.29, 1.82) is 0 Å².